The van der Waals surface area contributed by atoms with E-state index >= 15 is 0 Å². The maximum Gasteiger partial charge on any atom is 0.309 e. The molecule has 0 aromatic rings. The molecule has 1 aliphatic rings. The number of carbonyl (C=O) groups is 8. The summed E-state index contributed by atoms with van der Waals surface area (Å²) in [5.74, 6) is -5.11. The van der Waals surface area contributed by atoms with Crippen molar-refractivity contribution in [1.82, 2.24) is 81.7 Å². The average Bonchev–Trinajstić information content (AvgIpc) is 3.35. The standard InChI is InChI=1S/C48H96N16O8/c1-57-25-9-17-49-41(65)42(66)51-19-11-27-59(3)35-36-61(5)29-13-21-53-45(69)46(70)55-23-15-31-63(7)39-40-64(8)32-16-24-56-48(72)47(71)54-22-14-30-62(6)38-37-60(4)28-12-20-52-44(68)43(67)50-18-10-26-58(2)34-33-57/h9-40H2,1-8H3,(H,49,65)(H,50,67)(H,51,66)(H,52,68)(H,53,69)(H,54,71)(H,55,70)(H,56,72). The molecule has 24 heteroatoms. The largest absolute Gasteiger partial charge is 0.348 e. The first kappa shape index (κ1) is 65.5. The van der Waals surface area contributed by atoms with E-state index in [4.69, 9.17) is 0 Å². The highest BCUT2D eigenvalue weighted by molar-refractivity contribution is 6.36. The van der Waals surface area contributed by atoms with E-state index in [1.165, 1.54) is 0 Å². The van der Waals surface area contributed by atoms with Crippen LogP contribution in [0.4, 0.5) is 0 Å². The number of likely N-dealkylation sites (N-methyl/N-ethyl adjacent to an activating group) is 8. The first-order valence-electron chi connectivity index (χ1n) is 26.1. The number of nitrogens with one attached hydrogen (secondary N) is 8. The number of hydrogen-bond acceptors (Lipinski definition) is 16. The molecule has 0 saturated carbocycles. The lowest BCUT2D eigenvalue weighted by atomic mass is 10.3. The van der Waals surface area contributed by atoms with Crippen LogP contribution in [0, 0.1) is 0 Å². The molecule has 0 aromatic carbocycles. The van der Waals surface area contributed by atoms with E-state index in [9.17, 15) is 38.4 Å². The van der Waals surface area contributed by atoms with Crippen molar-refractivity contribution in [2.45, 2.75) is 51.4 Å². The van der Waals surface area contributed by atoms with Gasteiger partial charge in [0.25, 0.3) is 0 Å². The second-order valence-corrected chi connectivity index (χ2v) is 19.3. The highest BCUT2D eigenvalue weighted by atomic mass is 16.2. The predicted molar refractivity (Wildman–Crippen MR) is 281 cm³/mol. The molecule has 72 heavy (non-hydrogen) atoms. The van der Waals surface area contributed by atoms with Crippen molar-refractivity contribution in [3.05, 3.63) is 0 Å². The van der Waals surface area contributed by atoms with Crippen molar-refractivity contribution >= 4 is 47.3 Å². The molecular weight excluding hydrogens is 929 g/mol. The summed E-state index contributed by atoms with van der Waals surface area (Å²) in [6.45, 7) is 15.5. The fraction of sp³-hybridized carbons (Fsp3) is 0.833. The Balaban J connectivity index is 2.53. The smallest absolute Gasteiger partial charge is 0.309 e. The Kier molecular flexibility index (Phi) is 37.2. The van der Waals surface area contributed by atoms with Crippen molar-refractivity contribution in [1.29, 1.82) is 0 Å². The van der Waals surface area contributed by atoms with Crippen LogP contribution in [-0.2, 0) is 38.4 Å². The minimum Gasteiger partial charge on any atom is -0.348 e. The summed E-state index contributed by atoms with van der Waals surface area (Å²) in [5, 5.41) is 21.6. The first-order valence-corrected chi connectivity index (χ1v) is 26.1. The lowest BCUT2D eigenvalue weighted by molar-refractivity contribution is -0.139. The maximum atomic E-state index is 12.3. The van der Waals surface area contributed by atoms with Crippen LogP contribution in [0.25, 0.3) is 0 Å². The van der Waals surface area contributed by atoms with Gasteiger partial charge in [0, 0.05) is 105 Å². The molecule has 1 fully saturated rings. The zero-order valence-electron chi connectivity index (χ0n) is 45.5. The number of carbonyl (C=O) groups excluding carboxylic acids is 8. The molecule has 1 saturated heterocycles. The zero-order valence-corrected chi connectivity index (χ0v) is 45.5. The maximum absolute atomic E-state index is 12.3. The van der Waals surface area contributed by atoms with E-state index in [2.05, 4.69) is 81.7 Å². The highest BCUT2D eigenvalue weighted by Gasteiger charge is 2.17. The third-order valence-corrected chi connectivity index (χ3v) is 12.3. The minimum absolute atomic E-state index is 0.388. The summed E-state index contributed by atoms with van der Waals surface area (Å²) < 4.78 is 0. The second kappa shape index (κ2) is 40.9. The third-order valence-electron chi connectivity index (χ3n) is 12.3. The molecule has 1 aliphatic heterocycles. The highest BCUT2D eigenvalue weighted by Crippen LogP contribution is 1.96. The van der Waals surface area contributed by atoms with Crippen molar-refractivity contribution in [2.24, 2.45) is 0 Å². The summed E-state index contributed by atoms with van der Waals surface area (Å²) in [4.78, 5) is 116. The quantitative estimate of drug-likeness (QED) is 0.107. The number of nitrogens with zero attached hydrogens (tertiary/aromatic N) is 8. The summed E-state index contributed by atoms with van der Waals surface area (Å²) in [6, 6.07) is 0. The molecule has 0 bridgehead atoms. The van der Waals surface area contributed by atoms with Crippen LogP contribution >= 0.6 is 0 Å². The topological polar surface area (TPSA) is 259 Å². The number of amides is 8. The first-order chi connectivity index (χ1) is 34.4. The summed E-state index contributed by atoms with van der Waals surface area (Å²) in [7, 11) is 16.0. The van der Waals surface area contributed by atoms with E-state index in [0.717, 1.165) is 105 Å². The molecule has 0 unspecified atom stereocenters. The molecule has 1 heterocycles. The van der Waals surface area contributed by atoms with E-state index in [0.29, 0.717) is 104 Å². The Hall–Kier alpha value is -4.56. The molecule has 0 aliphatic carbocycles. The van der Waals surface area contributed by atoms with Crippen molar-refractivity contribution in [2.75, 3.05) is 213 Å². The van der Waals surface area contributed by atoms with Crippen LogP contribution in [0.15, 0.2) is 0 Å². The van der Waals surface area contributed by atoms with Crippen LogP contribution in [0.1, 0.15) is 51.4 Å². The van der Waals surface area contributed by atoms with Gasteiger partial charge in [0.1, 0.15) is 0 Å². The molecule has 0 atom stereocenters. The molecule has 0 aromatic heterocycles. The number of rotatable bonds is 0. The lowest BCUT2D eigenvalue weighted by Crippen LogP contribution is -2.42. The van der Waals surface area contributed by atoms with Gasteiger partial charge >= 0.3 is 47.3 Å². The summed E-state index contributed by atoms with van der Waals surface area (Å²) in [6.07, 6.45) is 5.54. The zero-order chi connectivity index (χ0) is 53.5. The van der Waals surface area contributed by atoms with Gasteiger partial charge in [-0.15, -0.1) is 0 Å². The van der Waals surface area contributed by atoms with Gasteiger partial charge < -0.3 is 81.7 Å². The normalized spacial score (nSPS) is 23.0. The molecule has 1 rings (SSSR count). The van der Waals surface area contributed by atoms with E-state index in [1.807, 2.05) is 56.4 Å². The molecule has 24 nitrogen and oxygen atoms in total. The van der Waals surface area contributed by atoms with Crippen LogP contribution in [0.3, 0.4) is 0 Å². The van der Waals surface area contributed by atoms with Gasteiger partial charge in [-0.2, -0.15) is 0 Å². The van der Waals surface area contributed by atoms with Crippen LogP contribution in [0.2, 0.25) is 0 Å². The SMILES string of the molecule is CN1CCCNC(=O)C(=O)NCCCN(C)CCN(C)CCCNC(=O)C(=O)NCCCN(C)CCN(C)CCCNC(=O)C(=O)NCCCN(C)CCN(C)CCCNC(=O)C(=O)NCCCN(C)CC1. The van der Waals surface area contributed by atoms with Gasteiger partial charge in [0.15, 0.2) is 0 Å². The van der Waals surface area contributed by atoms with Crippen molar-refractivity contribution in [3.8, 4) is 0 Å². The molecule has 8 amide bonds. The van der Waals surface area contributed by atoms with Gasteiger partial charge in [-0.1, -0.05) is 0 Å². The van der Waals surface area contributed by atoms with Crippen LogP contribution < -0.4 is 42.5 Å². The van der Waals surface area contributed by atoms with Crippen molar-refractivity contribution < 1.29 is 38.4 Å². The van der Waals surface area contributed by atoms with E-state index in [-0.39, 0.29) is 0 Å². The van der Waals surface area contributed by atoms with E-state index in [1.54, 1.807) is 0 Å². The van der Waals surface area contributed by atoms with Gasteiger partial charge in [0.2, 0.25) is 0 Å². The Bertz CT molecular complexity index is 1250. The lowest BCUT2D eigenvalue weighted by Gasteiger charge is -2.22. The average molecular weight is 1030 g/mol. The fourth-order valence-electron chi connectivity index (χ4n) is 7.31. The summed E-state index contributed by atoms with van der Waals surface area (Å²) in [5.41, 5.74) is 0. The van der Waals surface area contributed by atoms with E-state index < -0.39 is 47.3 Å². The Morgan fingerprint density at radius 1 is 0.194 bits per heavy atom. The molecule has 416 valence electrons. The van der Waals surface area contributed by atoms with Gasteiger partial charge in [0.05, 0.1) is 0 Å². The Labute approximate surface area is 431 Å². The van der Waals surface area contributed by atoms with Gasteiger partial charge in [-0.3, -0.25) is 38.4 Å². The van der Waals surface area contributed by atoms with Crippen LogP contribution in [0.5, 0.6) is 0 Å². The Morgan fingerprint density at radius 3 is 0.389 bits per heavy atom. The second-order valence-electron chi connectivity index (χ2n) is 19.3. The van der Waals surface area contributed by atoms with Gasteiger partial charge in [-0.25, -0.2) is 0 Å². The Morgan fingerprint density at radius 2 is 0.292 bits per heavy atom. The minimum atomic E-state index is -0.639. The predicted octanol–water partition coefficient (Wildman–Crippen LogP) is -4.50. The third kappa shape index (κ3) is 35.5. The van der Waals surface area contributed by atoms with Crippen LogP contribution in [-0.4, -0.2) is 300 Å². The number of hydrogen-bond donors (Lipinski definition) is 8. The van der Waals surface area contributed by atoms with Crippen molar-refractivity contribution in [3.63, 3.8) is 0 Å². The molecular formula is C48H96N16O8. The molecule has 0 spiro atoms. The molecule has 8 N–H and O–H groups in total. The monoisotopic (exact) mass is 1020 g/mol. The van der Waals surface area contributed by atoms with Gasteiger partial charge in [-0.05, 0) is 160 Å². The fourth-order valence-corrected chi connectivity index (χ4v) is 7.31. The summed E-state index contributed by atoms with van der Waals surface area (Å²) >= 11 is 0. The molecule has 0 radical (unpaired) electrons.